The second-order valence-electron chi connectivity index (χ2n) is 3.79. The maximum atomic E-state index is 6.00. The monoisotopic (exact) mass is 364 g/mol. The van der Waals surface area contributed by atoms with Crippen LogP contribution in [0.1, 0.15) is 10.4 Å². The Morgan fingerprint density at radius 2 is 2.11 bits per heavy atom. The molecular weight excluding hydrogens is 355 g/mol. The van der Waals surface area contributed by atoms with Gasteiger partial charge in [-0.3, -0.25) is 0 Å². The number of anilines is 1. The van der Waals surface area contributed by atoms with Crippen molar-refractivity contribution in [1.82, 2.24) is 4.98 Å². The average Bonchev–Trinajstić information content (AvgIpc) is 2.73. The third-order valence-corrected chi connectivity index (χ3v) is 5.25. The van der Waals surface area contributed by atoms with Gasteiger partial charge in [-0.1, -0.05) is 57.1 Å². The molecule has 1 aromatic carbocycles. The lowest BCUT2D eigenvalue weighted by Crippen LogP contribution is -2.16. The molecule has 0 bridgehead atoms. The molecule has 0 aliphatic rings. The highest BCUT2D eigenvalue weighted by molar-refractivity contribution is 9.10. The topological polar surface area (TPSA) is 16.1 Å². The molecule has 0 amide bonds. The van der Waals surface area contributed by atoms with Crippen molar-refractivity contribution in [3.8, 4) is 0 Å². The number of thiazole rings is 1. The van der Waals surface area contributed by atoms with E-state index in [0.717, 1.165) is 21.0 Å². The fourth-order valence-corrected chi connectivity index (χ4v) is 3.36. The first-order valence-corrected chi connectivity index (χ1v) is 7.79. The van der Waals surface area contributed by atoms with Crippen LogP contribution in [0.5, 0.6) is 0 Å². The number of nitrogens with zero attached hydrogens (tertiary/aromatic N) is 2. The summed E-state index contributed by atoms with van der Waals surface area (Å²) in [5.41, 5.74) is 1.21. The molecule has 2 nitrogen and oxygen atoms in total. The van der Waals surface area contributed by atoms with E-state index in [2.05, 4.69) is 31.9 Å². The van der Waals surface area contributed by atoms with Crippen molar-refractivity contribution in [2.75, 3.05) is 11.9 Å². The van der Waals surface area contributed by atoms with Gasteiger partial charge in [0, 0.05) is 18.1 Å². The zero-order chi connectivity index (χ0) is 13.1. The van der Waals surface area contributed by atoms with E-state index in [0.29, 0.717) is 11.0 Å². The predicted octanol–water partition coefficient (Wildman–Crippen LogP) is 4.93. The number of alkyl halides is 1. The number of rotatable bonds is 4. The summed E-state index contributed by atoms with van der Waals surface area (Å²) in [7, 11) is 1.99. The molecule has 0 fully saturated rings. The van der Waals surface area contributed by atoms with Crippen LogP contribution < -0.4 is 4.90 Å². The smallest absolute Gasteiger partial charge is 0.187 e. The van der Waals surface area contributed by atoms with E-state index >= 15 is 0 Å². The maximum Gasteiger partial charge on any atom is 0.187 e. The Hall–Kier alpha value is -0.290. The number of hydrogen-bond donors (Lipinski definition) is 0. The first-order valence-electron chi connectivity index (χ1n) is 5.27. The van der Waals surface area contributed by atoms with Crippen molar-refractivity contribution < 1.29 is 0 Å². The summed E-state index contributed by atoms with van der Waals surface area (Å²) in [6, 6.07) is 8.13. The molecule has 6 heteroatoms. The Kier molecular flexibility index (Phi) is 4.90. The third kappa shape index (κ3) is 3.18. The van der Waals surface area contributed by atoms with Crippen molar-refractivity contribution >= 4 is 55.6 Å². The van der Waals surface area contributed by atoms with E-state index in [9.17, 15) is 0 Å². The summed E-state index contributed by atoms with van der Waals surface area (Å²) in [4.78, 5) is 7.29. The molecule has 0 atom stereocenters. The highest BCUT2D eigenvalue weighted by Gasteiger charge is 2.12. The van der Waals surface area contributed by atoms with Crippen LogP contribution in [0.3, 0.4) is 0 Å². The summed E-state index contributed by atoms with van der Waals surface area (Å²) < 4.78 is 1.09. The Morgan fingerprint density at radius 3 is 2.72 bits per heavy atom. The van der Waals surface area contributed by atoms with Crippen LogP contribution in [0, 0.1) is 0 Å². The van der Waals surface area contributed by atoms with E-state index in [-0.39, 0.29) is 0 Å². The molecule has 0 spiro atoms. The van der Waals surface area contributed by atoms with Crippen molar-refractivity contribution in [2.45, 2.75) is 12.4 Å². The molecule has 0 aliphatic carbocycles. The normalized spacial score (nSPS) is 10.7. The summed E-state index contributed by atoms with van der Waals surface area (Å²) in [5, 5.41) is 1.38. The lowest BCUT2D eigenvalue weighted by atomic mass is 10.2. The number of aromatic nitrogens is 1. The van der Waals surface area contributed by atoms with Crippen molar-refractivity contribution in [1.29, 1.82) is 0 Å². The molecule has 0 aliphatic heterocycles. The molecule has 2 rings (SSSR count). The van der Waals surface area contributed by atoms with Gasteiger partial charge in [-0.05, 0) is 11.6 Å². The Balaban J connectivity index is 2.16. The molecule has 0 unspecified atom stereocenters. The zero-order valence-corrected chi connectivity index (χ0v) is 13.6. The zero-order valence-electron chi connectivity index (χ0n) is 9.66. The highest BCUT2D eigenvalue weighted by Crippen LogP contribution is 2.31. The van der Waals surface area contributed by atoms with Crippen LogP contribution in [-0.4, -0.2) is 12.0 Å². The van der Waals surface area contributed by atoms with E-state index < -0.39 is 0 Å². The molecule has 0 saturated carbocycles. The maximum absolute atomic E-state index is 6.00. The summed E-state index contributed by atoms with van der Waals surface area (Å²) >= 11 is 16.9. The number of hydrogen-bond acceptors (Lipinski definition) is 3. The molecule has 18 heavy (non-hydrogen) atoms. The van der Waals surface area contributed by atoms with E-state index in [1.54, 1.807) is 0 Å². The molecule has 1 aromatic heterocycles. The minimum absolute atomic E-state index is 0.402. The van der Waals surface area contributed by atoms with Gasteiger partial charge in [-0.25, -0.2) is 4.98 Å². The minimum atomic E-state index is 0.402. The van der Waals surface area contributed by atoms with E-state index in [1.807, 2.05) is 25.2 Å². The van der Waals surface area contributed by atoms with Crippen LogP contribution in [0.25, 0.3) is 0 Å². The average molecular weight is 366 g/mol. The second kappa shape index (κ2) is 6.24. The standard InChI is InChI=1S/C12H11BrCl2N2S/c1-17(7-8-4-2-3-5-9(8)13)12-16-11(15)10(6-14)18-12/h2-5H,6-7H2,1H3. The molecule has 0 N–H and O–H groups in total. The Labute approximate surface area is 129 Å². The molecule has 1 heterocycles. The first kappa shape index (κ1) is 14.1. The third-order valence-electron chi connectivity index (χ3n) is 2.45. The lowest BCUT2D eigenvalue weighted by Gasteiger charge is -2.16. The molecule has 96 valence electrons. The van der Waals surface area contributed by atoms with Gasteiger partial charge in [0.2, 0.25) is 0 Å². The molecular formula is C12H11BrCl2N2S. The van der Waals surface area contributed by atoms with Crippen molar-refractivity contribution in [2.24, 2.45) is 0 Å². The van der Waals surface area contributed by atoms with Gasteiger partial charge in [0.15, 0.2) is 5.13 Å². The van der Waals surface area contributed by atoms with Crippen LogP contribution in [0.4, 0.5) is 5.13 Å². The Morgan fingerprint density at radius 1 is 1.39 bits per heavy atom. The van der Waals surface area contributed by atoms with Gasteiger partial charge in [-0.15, -0.1) is 11.6 Å². The summed E-state index contributed by atoms with van der Waals surface area (Å²) in [5.74, 6) is 0.402. The van der Waals surface area contributed by atoms with Crippen LogP contribution in [0.2, 0.25) is 5.15 Å². The fourth-order valence-electron chi connectivity index (χ4n) is 1.52. The molecule has 0 saturated heterocycles. The highest BCUT2D eigenvalue weighted by atomic mass is 79.9. The van der Waals surface area contributed by atoms with Crippen LogP contribution >= 0.6 is 50.5 Å². The predicted molar refractivity (Wildman–Crippen MR) is 82.9 cm³/mol. The van der Waals surface area contributed by atoms with Gasteiger partial charge >= 0.3 is 0 Å². The van der Waals surface area contributed by atoms with Gasteiger partial charge in [0.25, 0.3) is 0 Å². The summed E-state index contributed by atoms with van der Waals surface area (Å²) in [6.45, 7) is 0.771. The quantitative estimate of drug-likeness (QED) is 0.713. The minimum Gasteiger partial charge on any atom is -0.347 e. The largest absolute Gasteiger partial charge is 0.347 e. The van der Waals surface area contributed by atoms with Crippen LogP contribution in [0.15, 0.2) is 28.7 Å². The summed E-state index contributed by atoms with van der Waals surface area (Å²) in [6.07, 6.45) is 0. The number of halogens is 3. The number of benzene rings is 1. The molecule has 2 aromatic rings. The van der Waals surface area contributed by atoms with Crippen molar-refractivity contribution in [3.63, 3.8) is 0 Å². The lowest BCUT2D eigenvalue weighted by molar-refractivity contribution is 0.910. The first-order chi connectivity index (χ1) is 8.61. The van der Waals surface area contributed by atoms with Gasteiger partial charge < -0.3 is 4.90 Å². The second-order valence-corrected chi connectivity index (χ2v) is 6.33. The SMILES string of the molecule is CN(Cc1ccccc1Br)c1nc(Cl)c(CCl)s1. The van der Waals surface area contributed by atoms with Gasteiger partial charge in [0.05, 0.1) is 10.8 Å². The van der Waals surface area contributed by atoms with E-state index in [1.165, 1.54) is 16.9 Å². The van der Waals surface area contributed by atoms with Crippen LogP contribution in [-0.2, 0) is 12.4 Å². The Bertz CT molecular complexity index is 545. The van der Waals surface area contributed by atoms with Crippen molar-refractivity contribution in [3.05, 3.63) is 44.3 Å². The van der Waals surface area contributed by atoms with Gasteiger partial charge in [0.1, 0.15) is 5.15 Å². The van der Waals surface area contributed by atoms with E-state index in [4.69, 9.17) is 23.2 Å². The fraction of sp³-hybridized carbons (Fsp3) is 0.250. The molecule has 0 radical (unpaired) electrons. The van der Waals surface area contributed by atoms with Gasteiger partial charge in [-0.2, -0.15) is 0 Å².